The van der Waals surface area contributed by atoms with E-state index in [1.54, 1.807) is 0 Å². The topological polar surface area (TPSA) is 111 Å². The normalized spacial score (nSPS) is 13.4. The summed E-state index contributed by atoms with van der Waals surface area (Å²) < 4.78 is 34.4. The van der Waals surface area contributed by atoms with Crippen LogP contribution in [0.1, 0.15) is 380 Å². The fourth-order valence-electron chi connectivity index (χ4n) is 11.5. The lowest BCUT2D eigenvalue weighted by molar-refractivity contribution is -0.870. The molecular formula is C79H148NO8P. The van der Waals surface area contributed by atoms with Gasteiger partial charge in [0.25, 0.3) is 7.82 Å². The molecule has 522 valence electrons. The molecule has 0 fully saturated rings. The molecule has 0 spiro atoms. The molecule has 0 aromatic rings. The van der Waals surface area contributed by atoms with Gasteiger partial charge >= 0.3 is 11.9 Å². The van der Waals surface area contributed by atoms with Crippen LogP contribution in [-0.2, 0) is 32.7 Å². The zero-order chi connectivity index (χ0) is 64.8. The SMILES string of the molecule is CC/C=C\C/C=C\C/C=C\C/C=C\C/C=C\CCCCCCCCCCCC(=O)OC(COC(=O)CCCCCCCCCCCCCCCCCCCCCCCCCCCCCCCCCCCCCCCCCC)COP(=O)([O-])OCC[N+](C)(C)C. The number of unbranched alkanes of at least 4 members (excludes halogenated alkanes) is 48. The lowest BCUT2D eigenvalue weighted by atomic mass is 10.0. The van der Waals surface area contributed by atoms with Crippen molar-refractivity contribution in [1.29, 1.82) is 0 Å². The number of quaternary nitrogens is 1. The Kier molecular flexibility index (Phi) is 68.2. The molecule has 0 radical (unpaired) electrons. The van der Waals surface area contributed by atoms with E-state index in [1.165, 1.54) is 270 Å². The average Bonchev–Trinajstić information content (AvgIpc) is 3.60. The van der Waals surface area contributed by atoms with E-state index in [9.17, 15) is 19.0 Å². The lowest BCUT2D eigenvalue weighted by Gasteiger charge is -2.28. The van der Waals surface area contributed by atoms with Crippen molar-refractivity contribution in [3.8, 4) is 0 Å². The van der Waals surface area contributed by atoms with Gasteiger partial charge in [-0.25, -0.2) is 0 Å². The second kappa shape index (κ2) is 70.0. The van der Waals surface area contributed by atoms with E-state index in [1.807, 2.05) is 21.1 Å². The summed E-state index contributed by atoms with van der Waals surface area (Å²) in [4.78, 5) is 38.1. The summed E-state index contributed by atoms with van der Waals surface area (Å²) in [5.41, 5.74) is 0. The van der Waals surface area contributed by atoms with Crippen molar-refractivity contribution in [1.82, 2.24) is 0 Å². The number of phosphoric ester groups is 1. The first kappa shape index (κ1) is 86.7. The number of nitrogens with zero attached hydrogens (tertiary/aromatic N) is 1. The Morgan fingerprint density at radius 1 is 0.360 bits per heavy atom. The number of allylic oxidation sites excluding steroid dienone is 10. The van der Waals surface area contributed by atoms with Crippen molar-refractivity contribution in [3.63, 3.8) is 0 Å². The Hall–Kier alpha value is -2.29. The Morgan fingerprint density at radius 3 is 0.955 bits per heavy atom. The van der Waals surface area contributed by atoms with Crippen LogP contribution in [-0.4, -0.2) is 70.0 Å². The van der Waals surface area contributed by atoms with Gasteiger partial charge in [0.1, 0.15) is 19.8 Å². The molecule has 0 aromatic heterocycles. The highest BCUT2D eigenvalue weighted by Crippen LogP contribution is 2.38. The van der Waals surface area contributed by atoms with Crippen LogP contribution in [0.15, 0.2) is 60.8 Å². The largest absolute Gasteiger partial charge is 0.756 e. The van der Waals surface area contributed by atoms with Crippen LogP contribution >= 0.6 is 7.82 Å². The van der Waals surface area contributed by atoms with Crippen molar-refractivity contribution >= 4 is 19.8 Å². The van der Waals surface area contributed by atoms with Gasteiger partial charge in [-0.3, -0.25) is 14.2 Å². The van der Waals surface area contributed by atoms with E-state index in [2.05, 4.69) is 74.6 Å². The number of hydrogen-bond donors (Lipinski definition) is 0. The number of hydrogen-bond acceptors (Lipinski definition) is 8. The van der Waals surface area contributed by atoms with Crippen LogP contribution in [0.25, 0.3) is 0 Å². The Balaban J connectivity index is 3.90. The molecule has 0 amide bonds. The van der Waals surface area contributed by atoms with Gasteiger partial charge in [-0.05, 0) is 57.8 Å². The first-order valence-electron chi connectivity index (χ1n) is 38.5. The lowest BCUT2D eigenvalue weighted by Crippen LogP contribution is -2.37. The van der Waals surface area contributed by atoms with E-state index in [0.717, 1.165) is 77.0 Å². The zero-order valence-corrected chi connectivity index (χ0v) is 60.5. The van der Waals surface area contributed by atoms with Crippen LogP contribution in [0.5, 0.6) is 0 Å². The van der Waals surface area contributed by atoms with Crippen molar-refractivity contribution < 1.29 is 42.1 Å². The van der Waals surface area contributed by atoms with Gasteiger partial charge in [0.15, 0.2) is 6.10 Å². The van der Waals surface area contributed by atoms with Crippen molar-refractivity contribution in [2.45, 2.75) is 386 Å². The second-order valence-electron chi connectivity index (χ2n) is 27.4. The Morgan fingerprint density at radius 2 is 0.640 bits per heavy atom. The molecule has 2 unspecified atom stereocenters. The van der Waals surface area contributed by atoms with E-state index >= 15 is 0 Å². The van der Waals surface area contributed by atoms with Crippen LogP contribution in [0.2, 0.25) is 0 Å². The van der Waals surface area contributed by atoms with Crippen LogP contribution in [0, 0.1) is 0 Å². The molecule has 0 saturated carbocycles. The highest BCUT2D eigenvalue weighted by Gasteiger charge is 2.22. The van der Waals surface area contributed by atoms with E-state index < -0.39 is 26.5 Å². The highest BCUT2D eigenvalue weighted by atomic mass is 31.2. The van der Waals surface area contributed by atoms with Gasteiger partial charge in [0, 0.05) is 12.8 Å². The molecule has 89 heavy (non-hydrogen) atoms. The van der Waals surface area contributed by atoms with E-state index in [4.69, 9.17) is 18.5 Å². The molecule has 0 bridgehead atoms. The predicted octanol–water partition coefficient (Wildman–Crippen LogP) is 24.7. The van der Waals surface area contributed by atoms with Gasteiger partial charge in [-0.1, -0.05) is 370 Å². The maximum Gasteiger partial charge on any atom is 0.306 e. The number of likely N-dealkylation sites (N-methyl/N-ethyl adjacent to an activating group) is 1. The number of rotatable bonds is 72. The highest BCUT2D eigenvalue weighted by molar-refractivity contribution is 7.45. The molecule has 0 aliphatic heterocycles. The Bertz CT molecular complexity index is 1690. The first-order valence-corrected chi connectivity index (χ1v) is 40.0. The Labute approximate surface area is 553 Å². The van der Waals surface area contributed by atoms with Gasteiger partial charge in [-0.2, -0.15) is 0 Å². The molecule has 0 aromatic carbocycles. The minimum atomic E-state index is -4.65. The summed E-state index contributed by atoms with van der Waals surface area (Å²) in [7, 11) is 1.17. The standard InChI is InChI=1S/C79H148NO8P/c1-6-8-10-12-14-16-18-20-22-24-26-28-30-32-33-34-35-36-37-38-39-40-41-42-43-44-45-46-48-49-51-53-55-57-59-61-63-65-67-69-71-78(81)85-75-77(76-87-89(83,84)86-74-73-80(3,4)5)88-79(82)72-70-68-66-64-62-60-58-56-54-52-50-47-31-29-27-25-23-21-19-17-15-13-11-9-7-2/h9,11,15,17,21,23,27,29,47,50,77H,6-8,10,12-14,16,18-20,22,24-26,28,30-46,48-49,51-76H2,1-5H3/b11-9-,17-15-,23-21-,29-27-,50-47-. The monoisotopic (exact) mass is 1270 g/mol. The number of phosphoric acid groups is 1. The van der Waals surface area contributed by atoms with Gasteiger partial charge in [0.2, 0.25) is 0 Å². The second-order valence-corrected chi connectivity index (χ2v) is 28.8. The molecule has 0 saturated heterocycles. The molecule has 0 aliphatic rings. The van der Waals surface area contributed by atoms with E-state index in [0.29, 0.717) is 17.4 Å². The maximum atomic E-state index is 12.9. The van der Waals surface area contributed by atoms with Crippen molar-refractivity contribution in [2.75, 3.05) is 47.5 Å². The van der Waals surface area contributed by atoms with Crippen LogP contribution in [0.4, 0.5) is 0 Å². The molecule has 0 aliphatic carbocycles. The average molecular weight is 1270 g/mol. The quantitative estimate of drug-likeness (QED) is 0.0195. The third-order valence-corrected chi connectivity index (χ3v) is 18.3. The molecular weight excluding hydrogens is 1120 g/mol. The summed E-state index contributed by atoms with van der Waals surface area (Å²) in [6, 6.07) is 0. The fraction of sp³-hybridized carbons (Fsp3) is 0.848. The molecule has 0 heterocycles. The van der Waals surface area contributed by atoms with Crippen LogP contribution in [0.3, 0.4) is 0 Å². The van der Waals surface area contributed by atoms with Gasteiger partial charge < -0.3 is 27.9 Å². The predicted molar refractivity (Wildman–Crippen MR) is 383 cm³/mol. The number of carbonyl (C=O) groups is 2. The maximum absolute atomic E-state index is 12.9. The van der Waals surface area contributed by atoms with Gasteiger partial charge in [0.05, 0.1) is 27.7 Å². The molecule has 9 nitrogen and oxygen atoms in total. The minimum absolute atomic E-state index is 0.0324. The summed E-state index contributed by atoms with van der Waals surface area (Å²) in [6.07, 6.45) is 93.5. The number of carbonyl (C=O) groups excluding carboxylic acids is 2. The van der Waals surface area contributed by atoms with E-state index in [-0.39, 0.29) is 32.0 Å². The summed E-state index contributed by atoms with van der Waals surface area (Å²) in [6.45, 7) is 4.18. The smallest absolute Gasteiger partial charge is 0.306 e. The number of esters is 2. The fourth-order valence-corrected chi connectivity index (χ4v) is 12.2. The molecule has 0 N–H and O–H groups in total. The molecule has 10 heteroatoms. The number of ether oxygens (including phenoxy) is 2. The molecule has 0 rings (SSSR count). The third kappa shape index (κ3) is 74.6. The van der Waals surface area contributed by atoms with Crippen molar-refractivity contribution in [2.24, 2.45) is 0 Å². The first-order chi connectivity index (χ1) is 43.5. The third-order valence-electron chi connectivity index (χ3n) is 17.3. The minimum Gasteiger partial charge on any atom is -0.756 e. The summed E-state index contributed by atoms with van der Waals surface area (Å²) >= 11 is 0. The van der Waals surface area contributed by atoms with Gasteiger partial charge in [-0.15, -0.1) is 0 Å². The zero-order valence-electron chi connectivity index (χ0n) is 59.6. The van der Waals surface area contributed by atoms with Crippen molar-refractivity contribution in [3.05, 3.63) is 60.8 Å². The summed E-state index contributed by atoms with van der Waals surface area (Å²) in [5, 5.41) is 0. The summed E-state index contributed by atoms with van der Waals surface area (Å²) in [5.74, 6) is -0.825. The molecule has 2 atom stereocenters. The van der Waals surface area contributed by atoms with Crippen LogP contribution < -0.4 is 4.89 Å².